The first-order valence-corrected chi connectivity index (χ1v) is 5.16. The number of rotatable bonds is 2. The number of H-pyrrole nitrogens is 1. The zero-order valence-electron chi connectivity index (χ0n) is 8.53. The van der Waals surface area contributed by atoms with Crippen LogP contribution in [0.4, 0.5) is 0 Å². The molecule has 1 aromatic carbocycles. The standard InChI is InChI=1S/C10H11N3OS/c1-3-6-7(5(2)14)4-8(15)10-9(6)11-13-12-10/h4,15H,3H2,1-2H3,(H,11,12,13). The number of fused-ring (bicyclic) bond motifs is 1. The summed E-state index contributed by atoms with van der Waals surface area (Å²) < 4.78 is 0. The topological polar surface area (TPSA) is 58.6 Å². The van der Waals surface area contributed by atoms with Gasteiger partial charge in [-0.3, -0.25) is 4.79 Å². The van der Waals surface area contributed by atoms with Gasteiger partial charge in [0.2, 0.25) is 0 Å². The number of hydrogen-bond acceptors (Lipinski definition) is 4. The SMILES string of the molecule is CCc1c(C(C)=O)cc(S)c2n[nH]nc12. The molecule has 0 atom stereocenters. The van der Waals surface area contributed by atoms with Gasteiger partial charge in [-0.1, -0.05) is 6.92 Å². The lowest BCUT2D eigenvalue weighted by Crippen LogP contribution is -2.00. The largest absolute Gasteiger partial charge is 0.294 e. The van der Waals surface area contributed by atoms with E-state index in [1.54, 1.807) is 13.0 Å². The fourth-order valence-electron chi connectivity index (χ4n) is 1.71. The van der Waals surface area contributed by atoms with Crippen molar-refractivity contribution >= 4 is 29.4 Å². The average Bonchev–Trinajstić information content (AvgIpc) is 2.66. The normalized spacial score (nSPS) is 10.9. The highest BCUT2D eigenvalue weighted by molar-refractivity contribution is 7.80. The smallest absolute Gasteiger partial charge is 0.160 e. The number of nitrogens with zero attached hydrogens (tertiary/aromatic N) is 2. The molecule has 0 saturated carbocycles. The number of ketones is 1. The summed E-state index contributed by atoms with van der Waals surface area (Å²) in [6.45, 7) is 3.54. The van der Waals surface area contributed by atoms with Crippen LogP contribution in [0.25, 0.3) is 11.0 Å². The lowest BCUT2D eigenvalue weighted by Gasteiger charge is -2.06. The van der Waals surface area contributed by atoms with Crippen LogP contribution in [0.3, 0.4) is 0 Å². The first-order chi connectivity index (χ1) is 7.15. The van der Waals surface area contributed by atoms with Gasteiger partial charge in [0.15, 0.2) is 5.78 Å². The highest BCUT2D eigenvalue weighted by Gasteiger charge is 2.15. The van der Waals surface area contributed by atoms with Gasteiger partial charge in [-0.15, -0.1) is 12.6 Å². The number of Topliss-reactive ketones (excluding diaryl/α,β-unsaturated/α-hetero) is 1. The summed E-state index contributed by atoms with van der Waals surface area (Å²) in [5, 5.41) is 10.6. The summed E-state index contributed by atoms with van der Waals surface area (Å²) >= 11 is 4.29. The minimum atomic E-state index is 0.0343. The Hall–Kier alpha value is -1.36. The fraction of sp³-hybridized carbons (Fsp3) is 0.300. The average molecular weight is 221 g/mol. The predicted octanol–water partition coefficient (Wildman–Crippen LogP) is 2.01. The van der Waals surface area contributed by atoms with Gasteiger partial charge in [0.25, 0.3) is 0 Å². The van der Waals surface area contributed by atoms with E-state index in [0.29, 0.717) is 10.5 Å². The molecule has 1 aromatic heterocycles. The molecule has 5 heteroatoms. The van der Waals surface area contributed by atoms with Gasteiger partial charge in [0.05, 0.1) is 0 Å². The Morgan fingerprint density at radius 2 is 2.13 bits per heavy atom. The molecule has 78 valence electrons. The molecule has 0 spiro atoms. The van der Waals surface area contributed by atoms with E-state index in [0.717, 1.165) is 23.0 Å². The van der Waals surface area contributed by atoms with E-state index >= 15 is 0 Å². The minimum Gasteiger partial charge on any atom is -0.294 e. The first-order valence-electron chi connectivity index (χ1n) is 4.71. The van der Waals surface area contributed by atoms with Crippen LogP contribution in [0, 0.1) is 0 Å². The number of benzene rings is 1. The van der Waals surface area contributed by atoms with Crippen molar-refractivity contribution in [2.75, 3.05) is 0 Å². The molecule has 0 aliphatic heterocycles. The van der Waals surface area contributed by atoms with E-state index in [9.17, 15) is 4.79 Å². The quantitative estimate of drug-likeness (QED) is 0.602. The monoisotopic (exact) mass is 221 g/mol. The summed E-state index contributed by atoms with van der Waals surface area (Å²) in [5.74, 6) is 0.0343. The second-order valence-electron chi connectivity index (χ2n) is 3.35. The number of thiol groups is 1. The molecular weight excluding hydrogens is 210 g/mol. The van der Waals surface area contributed by atoms with Crippen molar-refractivity contribution in [2.45, 2.75) is 25.2 Å². The molecule has 0 aliphatic carbocycles. The van der Waals surface area contributed by atoms with Gasteiger partial charge < -0.3 is 0 Å². The van der Waals surface area contributed by atoms with Crippen LogP contribution >= 0.6 is 12.6 Å². The van der Waals surface area contributed by atoms with E-state index in [1.807, 2.05) is 6.92 Å². The molecule has 2 aromatic rings. The number of aryl methyl sites for hydroxylation is 1. The summed E-state index contributed by atoms with van der Waals surface area (Å²) in [6, 6.07) is 1.76. The number of carbonyl (C=O) groups excluding carboxylic acids is 1. The molecule has 0 bridgehead atoms. The van der Waals surface area contributed by atoms with Gasteiger partial charge in [0, 0.05) is 10.5 Å². The molecule has 2 rings (SSSR count). The molecule has 0 radical (unpaired) electrons. The Balaban J connectivity index is 2.87. The fourth-order valence-corrected chi connectivity index (χ4v) is 2.00. The van der Waals surface area contributed by atoms with Crippen molar-refractivity contribution in [1.29, 1.82) is 0 Å². The van der Waals surface area contributed by atoms with Gasteiger partial charge >= 0.3 is 0 Å². The molecule has 15 heavy (non-hydrogen) atoms. The Bertz CT molecular complexity index is 533. The molecule has 1 heterocycles. The number of aromatic amines is 1. The molecule has 4 nitrogen and oxygen atoms in total. The van der Waals surface area contributed by atoms with Crippen molar-refractivity contribution in [3.05, 3.63) is 17.2 Å². The Labute approximate surface area is 92.5 Å². The van der Waals surface area contributed by atoms with Crippen LogP contribution in [0.15, 0.2) is 11.0 Å². The Kier molecular flexibility index (Phi) is 2.48. The molecule has 0 amide bonds. The highest BCUT2D eigenvalue weighted by atomic mass is 32.1. The second kappa shape index (κ2) is 3.66. The predicted molar refractivity (Wildman–Crippen MR) is 60.5 cm³/mol. The number of hydrogen-bond donors (Lipinski definition) is 2. The van der Waals surface area contributed by atoms with E-state index in [-0.39, 0.29) is 5.78 Å². The highest BCUT2D eigenvalue weighted by Crippen LogP contribution is 2.26. The Morgan fingerprint density at radius 3 is 2.73 bits per heavy atom. The molecule has 0 saturated heterocycles. The van der Waals surface area contributed by atoms with E-state index in [1.165, 1.54) is 0 Å². The van der Waals surface area contributed by atoms with Gasteiger partial charge in [0.1, 0.15) is 11.0 Å². The van der Waals surface area contributed by atoms with Crippen molar-refractivity contribution in [3.63, 3.8) is 0 Å². The van der Waals surface area contributed by atoms with Crippen LogP contribution in [0.2, 0.25) is 0 Å². The molecular formula is C10H11N3OS. The van der Waals surface area contributed by atoms with Crippen molar-refractivity contribution in [1.82, 2.24) is 15.4 Å². The van der Waals surface area contributed by atoms with E-state index in [2.05, 4.69) is 28.0 Å². The summed E-state index contributed by atoms with van der Waals surface area (Å²) in [4.78, 5) is 12.1. The third-order valence-corrected chi connectivity index (χ3v) is 2.76. The zero-order chi connectivity index (χ0) is 11.0. The second-order valence-corrected chi connectivity index (χ2v) is 3.83. The lowest BCUT2D eigenvalue weighted by atomic mass is 10.0. The molecule has 0 unspecified atom stereocenters. The number of nitrogens with one attached hydrogen (secondary N) is 1. The number of carbonyl (C=O) groups is 1. The molecule has 0 fully saturated rings. The van der Waals surface area contributed by atoms with Gasteiger partial charge in [-0.2, -0.15) is 15.4 Å². The van der Waals surface area contributed by atoms with Gasteiger partial charge in [-0.25, -0.2) is 0 Å². The maximum absolute atomic E-state index is 11.5. The first kappa shape index (κ1) is 10.2. The maximum Gasteiger partial charge on any atom is 0.160 e. The van der Waals surface area contributed by atoms with Crippen LogP contribution in [-0.4, -0.2) is 21.2 Å². The number of aromatic nitrogens is 3. The van der Waals surface area contributed by atoms with E-state index in [4.69, 9.17) is 0 Å². The van der Waals surface area contributed by atoms with Crippen LogP contribution in [0.1, 0.15) is 29.8 Å². The zero-order valence-corrected chi connectivity index (χ0v) is 9.43. The lowest BCUT2D eigenvalue weighted by molar-refractivity contribution is 0.101. The molecule has 1 N–H and O–H groups in total. The third-order valence-electron chi connectivity index (χ3n) is 2.42. The summed E-state index contributed by atoms with van der Waals surface area (Å²) in [7, 11) is 0. The third kappa shape index (κ3) is 1.52. The van der Waals surface area contributed by atoms with Gasteiger partial charge in [-0.05, 0) is 25.0 Å². The van der Waals surface area contributed by atoms with E-state index < -0.39 is 0 Å². The Morgan fingerprint density at radius 1 is 1.47 bits per heavy atom. The maximum atomic E-state index is 11.5. The summed E-state index contributed by atoms with van der Waals surface area (Å²) in [5.41, 5.74) is 3.09. The van der Waals surface area contributed by atoms with Crippen molar-refractivity contribution in [3.8, 4) is 0 Å². The molecule has 0 aliphatic rings. The minimum absolute atomic E-state index is 0.0343. The van der Waals surface area contributed by atoms with Crippen LogP contribution in [0.5, 0.6) is 0 Å². The van der Waals surface area contributed by atoms with Crippen LogP contribution < -0.4 is 0 Å². The van der Waals surface area contributed by atoms with Crippen molar-refractivity contribution < 1.29 is 4.79 Å². The van der Waals surface area contributed by atoms with Crippen LogP contribution in [-0.2, 0) is 6.42 Å². The van der Waals surface area contributed by atoms with Crippen molar-refractivity contribution in [2.24, 2.45) is 0 Å². The summed E-state index contributed by atoms with van der Waals surface area (Å²) in [6.07, 6.45) is 0.756.